The Kier molecular flexibility index (Phi) is 5.37. The van der Waals surface area contributed by atoms with Crippen molar-refractivity contribution >= 4 is 5.97 Å². The minimum absolute atomic E-state index is 0.240. The number of carbonyl (C=O) groups excluding carboxylic acids is 1. The highest BCUT2D eigenvalue weighted by molar-refractivity contribution is 5.71. The number of rotatable bonds is 6. The lowest BCUT2D eigenvalue weighted by Gasteiger charge is -2.35. The first-order valence-corrected chi connectivity index (χ1v) is 7.62. The summed E-state index contributed by atoms with van der Waals surface area (Å²) in [5.41, 5.74) is -0.101. The summed E-state index contributed by atoms with van der Waals surface area (Å²) in [6.07, 6.45) is 4.55. The van der Waals surface area contributed by atoms with Gasteiger partial charge in [-0.05, 0) is 25.3 Å². The summed E-state index contributed by atoms with van der Waals surface area (Å²) < 4.78 is 4.80. The van der Waals surface area contributed by atoms with E-state index in [-0.39, 0.29) is 12.5 Å². The summed E-state index contributed by atoms with van der Waals surface area (Å²) in [5, 5.41) is 10.8. The average molecular weight is 291 g/mol. The van der Waals surface area contributed by atoms with Crippen LogP contribution >= 0.6 is 0 Å². The topological polar surface area (TPSA) is 49.8 Å². The van der Waals surface area contributed by atoms with Gasteiger partial charge in [0.15, 0.2) is 0 Å². The second-order valence-electron chi connectivity index (χ2n) is 6.06. The Morgan fingerprint density at radius 2 is 1.95 bits per heavy atom. The Labute approximate surface area is 126 Å². The maximum atomic E-state index is 11.7. The minimum atomic E-state index is -0.974. The lowest BCUT2D eigenvalue weighted by molar-refractivity contribution is -0.143. The normalized spacial score (nSPS) is 18.7. The Hall–Kier alpha value is -1.39. The molecule has 0 amide bonds. The number of benzene rings is 1. The SMILES string of the molecule is COC(=O)CN(CC(C)(O)c1ccccc1)C1CCCC1. The number of hydrogen-bond donors (Lipinski definition) is 1. The summed E-state index contributed by atoms with van der Waals surface area (Å²) in [6.45, 7) is 2.49. The van der Waals surface area contributed by atoms with Gasteiger partial charge >= 0.3 is 5.97 Å². The van der Waals surface area contributed by atoms with Crippen LogP contribution in [0.4, 0.5) is 0 Å². The van der Waals surface area contributed by atoms with Crippen molar-refractivity contribution in [3.8, 4) is 0 Å². The Morgan fingerprint density at radius 3 is 2.52 bits per heavy atom. The van der Waals surface area contributed by atoms with E-state index >= 15 is 0 Å². The van der Waals surface area contributed by atoms with E-state index in [0.717, 1.165) is 18.4 Å². The first kappa shape index (κ1) is 16.0. The fraction of sp³-hybridized carbons (Fsp3) is 0.588. The highest BCUT2D eigenvalue weighted by atomic mass is 16.5. The first-order valence-electron chi connectivity index (χ1n) is 7.62. The van der Waals surface area contributed by atoms with Gasteiger partial charge in [0.1, 0.15) is 0 Å². The molecular formula is C17H25NO3. The molecular weight excluding hydrogens is 266 g/mol. The van der Waals surface area contributed by atoms with E-state index < -0.39 is 5.60 Å². The molecule has 2 rings (SSSR count). The van der Waals surface area contributed by atoms with Gasteiger partial charge in [0.05, 0.1) is 19.3 Å². The van der Waals surface area contributed by atoms with Crippen molar-refractivity contribution in [2.45, 2.75) is 44.2 Å². The van der Waals surface area contributed by atoms with E-state index in [9.17, 15) is 9.90 Å². The van der Waals surface area contributed by atoms with Crippen molar-refractivity contribution in [3.63, 3.8) is 0 Å². The molecule has 0 saturated heterocycles. The molecule has 0 aliphatic heterocycles. The molecule has 0 aromatic heterocycles. The predicted molar refractivity (Wildman–Crippen MR) is 81.9 cm³/mol. The first-order chi connectivity index (χ1) is 10.0. The van der Waals surface area contributed by atoms with Crippen molar-refractivity contribution in [2.24, 2.45) is 0 Å². The minimum Gasteiger partial charge on any atom is -0.468 e. The molecule has 1 fully saturated rings. The van der Waals surface area contributed by atoms with Gasteiger partial charge in [0.2, 0.25) is 0 Å². The van der Waals surface area contributed by atoms with Gasteiger partial charge in [-0.1, -0.05) is 43.2 Å². The van der Waals surface area contributed by atoms with Crippen molar-refractivity contribution in [1.82, 2.24) is 4.90 Å². The van der Waals surface area contributed by atoms with Crippen LogP contribution < -0.4 is 0 Å². The molecule has 0 spiro atoms. The number of nitrogens with zero attached hydrogens (tertiary/aromatic N) is 1. The molecule has 0 heterocycles. The summed E-state index contributed by atoms with van der Waals surface area (Å²) in [7, 11) is 1.41. The zero-order valence-corrected chi connectivity index (χ0v) is 12.9. The van der Waals surface area contributed by atoms with Crippen LogP contribution in [0.3, 0.4) is 0 Å². The lowest BCUT2D eigenvalue weighted by Crippen LogP contribution is -2.46. The van der Waals surface area contributed by atoms with Crippen LogP contribution in [0, 0.1) is 0 Å². The second kappa shape index (κ2) is 7.05. The van der Waals surface area contributed by atoms with Crippen molar-refractivity contribution in [3.05, 3.63) is 35.9 Å². The molecule has 0 bridgehead atoms. The zero-order chi connectivity index (χ0) is 15.3. The van der Waals surface area contributed by atoms with E-state index in [1.165, 1.54) is 20.0 Å². The maximum absolute atomic E-state index is 11.7. The summed E-state index contributed by atoms with van der Waals surface area (Å²) in [4.78, 5) is 13.7. The van der Waals surface area contributed by atoms with Crippen LogP contribution in [0.25, 0.3) is 0 Å². The molecule has 1 aromatic rings. The lowest BCUT2D eigenvalue weighted by atomic mass is 9.94. The predicted octanol–water partition coefficient (Wildman–Crippen LogP) is 2.31. The Morgan fingerprint density at radius 1 is 1.33 bits per heavy atom. The third-order valence-electron chi connectivity index (χ3n) is 4.31. The molecule has 1 N–H and O–H groups in total. The van der Waals surface area contributed by atoms with Crippen LogP contribution in [0.1, 0.15) is 38.2 Å². The standard InChI is InChI=1S/C17H25NO3/c1-17(20,14-8-4-3-5-9-14)13-18(12-16(19)21-2)15-10-6-7-11-15/h3-5,8-9,15,20H,6-7,10-13H2,1-2H3. The summed E-state index contributed by atoms with van der Waals surface area (Å²) >= 11 is 0. The molecule has 1 aromatic carbocycles. The van der Waals surface area contributed by atoms with Crippen LogP contribution in [0.2, 0.25) is 0 Å². The van der Waals surface area contributed by atoms with Crippen LogP contribution in [0.5, 0.6) is 0 Å². The van der Waals surface area contributed by atoms with Crippen LogP contribution in [-0.4, -0.2) is 42.2 Å². The molecule has 0 radical (unpaired) electrons. The molecule has 4 heteroatoms. The van der Waals surface area contributed by atoms with E-state index in [2.05, 4.69) is 4.90 Å². The molecule has 1 aliphatic rings. The fourth-order valence-electron chi connectivity index (χ4n) is 3.10. The maximum Gasteiger partial charge on any atom is 0.319 e. The monoisotopic (exact) mass is 291 g/mol. The Bertz CT molecular complexity index is 452. The third-order valence-corrected chi connectivity index (χ3v) is 4.31. The van der Waals surface area contributed by atoms with Crippen molar-refractivity contribution in [1.29, 1.82) is 0 Å². The van der Waals surface area contributed by atoms with Crippen molar-refractivity contribution in [2.75, 3.05) is 20.2 Å². The Balaban J connectivity index is 2.11. The second-order valence-corrected chi connectivity index (χ2v) is 6.06. The highest BCUT2D eigenvalue weighted by Gasteiger charge is 2.32. The van der Waals surface area contributed by atoms with Crippen LogP contribution in [-0.2, 0) is 15.1 Å². The number of carbonyl (C=O) groups is 1. The zero-order valence-electron chi connectivity index (χ0n) is 12.9. The van der Waals surface area contributed by atoms with Gasteiger partial charge in [-0.15, -0.1) is 0 Å². The quantitative estimate of drug-likeness (QED) is 0.817. The number of esters is 1. The van der Waals surface area contributed by atoms with E-state index in [4.69, 9.17) is 4.74 Å². The molecule has 21 heavy (non-hydrogen) atoms. The number of hydrogen-bond acceptors (Lipinski definition) is 4. The van der Waals surface area contributed by atoms with Crippen molar-refractivity contribution < 1.29 is 14.6 Å². The number of aliphatic hydroxyl groups is 1. The van der Waals surface area contributed by atoms with Crippen LogP contribution in [0.15, 0.2) is 30.3 Å². The van der Waals surface area contributed by atoms with Gasteiger partial charge in [0.25, 0.3) is 0 Å². The number of methoxy groups -OCH3 is 1. The third kappa shape index (κ3) is 4.29. The van der Waals surface area contributed by atoms with E-state index in [1.54, 1.807) is 0 Å². The molecule has 1 unspecified atom stereocenters. The highest BCUT2D eigenvalue weighted by Crippen LogP contribution is 2.28. The molecule has 1 atom stereocenters. The molecule has 4 nitrogen and oxygen atoms in total. The number of ether oxygens (including phenoxy) is 1. The van der Waals surface area contributed by atoms with Gasteiger partial charge in [-0.2, -0.15) is 0 Å². The van der Waals surface area contributed by atoms with E-state index in [1.807, 2.05) is 37.3 Å². The molecule has 1 aliphatic carbocycles. The van der Waals surface area contributed by atoms with Gasteiger partial charge in [-0.3, -0.25) is 9.69 Å². The molecule has 1 saturated carbocycles. The summed E-state index contributed by atoms with van der Waals surface area (Å²) in [5.74, 6) is -0.245. The largest absolute Gasteiger partial charge is 0.468 e. The van der Waals surface area contributed by atoms with Gasteiger partial charge in [0, 0.05) is 12.6 Å². The van der Waals surface area contributed by atoms with Gasteiger partial charge < -0.3 is 9.84 Å². The summed E-state index contributed by atoms with van der Waals surface area (Å²) in [6, 6.07) is 9.98. The molecule has 116 valence electrons. The van der Waals surface area contributed by atoms with Gasteiger partial charge in [-0.25, -0.2) is 0 Å². The fourth-order valence-corrected chi connectivity index (χ4v) is 3.10. The van der Waals surface area contributed by atoms with E-state index in [0.29, 0.717) is 12.6 Å². The smallest absolute Gasteiger partial charge is 0.319 e. The average Bonchev–Trinajstić information content (AvgIpc) is 3.01.